The molecule has 0 aliphatic heterocycles. The van der Waals surface area contributed by atoms with Gasteiger partial charge in [0.1, 0.15) is 4.90 Å². The van der Waals surface area contributed by atoms with E-state index in [2.05, 4.69) is 20.7 Å². The summed E-state index contributed by atoms with van der Waals surface area (Å²) in [6.07, 6.45) is 0. The van der Waals surface area contributed by atoms with Gasteiger partial charge in [-0.2, -0.15) is 0 Å². The highest BCUT2D eigenvalue weighted by Crippen LogP contribution is 2.24. The van der Waals surface area contributed by atoms with Crippen LogP contribution < -0.4 is 4.72 Å². The van der Waals surface area contributed by atoms with Crippen molar-refractivity contribution in [1.82, 2.24) is 4.31 Å². The van der Waals surface area contributed by atoms with Gasteiger partial charge in [-0.15, -0.1) is 0 Å². The number of sulfonamides is 2. The Labute approximate surface area is 144 Å². The fourth-order valence-corrected chi connectivity index (χ4v) is 4.74. The molecule has 2 rings (SSSR count). The van der Waals surface area contributed by atoms with Gasteiger partial charge in [-0.05, 0) is 52.3 Å². The van der Waals surface area contributed by atoms with Crippen LogP contribution in [0.1, 0.15) is 0 Å². The van der Waals surface area contributed by atoms with Crippen molar-refractivity contribution in [3.8, 4) is 0 Å². The first-order chi connectivity index (χ1) is 10.6. The number of halogens is 1. The van der Waals surface area contributed by atoms with E-state index in [1.165, 1.54) is 44.4 Å². The van der Waals surface area contributed by atoms with Crippen LogP contribution in [-0.4, -0.2) is 35.2 Å². The lowest BCUT2D eigenvalue weighted by Crippen LogP contribution is -2.22. The molecule has 0 saturated heterocycles. The van der Waals surface area contributed by atoms with Crippen LogP contribution >= 0.6 is 15.9 Å². The van der Waals surface area contributed by atoms with E-state index in [4.69, 9.17) is 0 Å². The summed E-state index contributed by atoms with van der Waals surface area (Å²) in [6, 6.07) is 11.9. The maximum absolute atomic E-state index is 12.3. The van der Waals surface area contributed by atoms with E-state index < -0.39 is 20.0 Å². The predicted octanol–water partition coefficient (Wildman–Crippen LogP) is 2.50. The normalized spacial score (nSPS) is 12.3. The Hall–Kier alpha value is -1.42. The van der Waals surface area contributed by atoms with Crippen LogP contribution in [0.15, 0.2) is 62.8 Å². The Kier molecular flexibility index (Phi) is 5.14. The van der Waals surface area contributed by atoms with Crippen molar-refractivity contribution in [1.29, 1.82) is 0 Å². The standard InChI is InChI=1S/C14H15BrN2O4S2/c1-17(2)23(20,21)12-9-7-11(8-10-12)16-22(18,19)14-6-4-3-5-13(14)15/h3-10,16H,1-2H3. The third kappa shape index (κ3) is 3.92. The van der Waals surface area contributed by atoms with Crippen molar-refractivity contribution in [2.75, 3.05) is 18.8 Å². The van der Waals surface area contributed by atoms with Gasteiger partial charge in [-0.25, -0.2) is 21.1 Å². The number of hydrogen-bond donors (Lipinski definition) is 1. The molecule has 0 unspecified atom stereocenters. The zero-order chi connectivity index (χ0) is 17.3. The zero-order valence-corrected chi connectivity index (χ0v) is 15.6. The predicted molar refractivity (Wildman–Crippen MR) is 92.3 cm³/mol. The van der Waals surface area contributed by atoms with Gasteiger partial charge >= 0.3 is 0 Å². The molecule has 124 valence electrons. The van der Waals surface area contributed by atoms with Crippen molar-refractivity contribution < 1.29 is 16.8 Å². The molecule has 2 aromatic carbocycles. The van der Waals surface area contributed by atoms with Gasteiger partial charge in [0.15, 0.2) is 0 Å². The molecule has 0 bridgehead atoms. The second-order valence-electron chi connectivity index (χ2n) is 4.85. The van der Waals surface area contributed by atoms with E-state index in [1.54, 1.807) is 18.2 Å². The molecule has 0 aliphatic rings. The zero-order valence-electron chi connectivity index (χ0n) is 12.4. The monoisotopic (exact) mass is 418 g/mol. The highest BCUT2D eigenvalue weighted by Gasteiger charge is 2.19. The second-order valence-corrected chi connectivity index (χ2v) is 9.50. The average Bonchev–Trinajstić information content (AvgIpc) is 2.47. The molecule has 0 spiro atoms. The first-order valence-corrected chi connectivity index (χ1v) is 10.2. The van der Waals surface area contributed by atoms with E-state index >= 15 is 0 Å². The number of rotatable bonds is 5. The third-order valence-electron chi connectivity index (χ3n) is 3.01. The number of hydrogen-bond acceptors (Lipinski definition) is 4. The van der Waals surface area contributed by atoms with E-state index in [1.807, 2.05) is 0 Å². The summed E-state index contributed by atoms with van der Waals surface area (Å²) in [7, 11) is -4.45. The molecule has 6 nitrogen and oxygen atoms in total. The van der Waals surface area contributed by atoms with Crippen LogP contribution in [0.3, 0.4) is 0 Å². The Morgan fingerprint density at radius 3 is 2.00 bits per heavy atom. The SMILES string of the molecule is CN(C)S(=O)(=O)c1ccc(NS(=O)(=O)c2ccccc2Br)cc1. The van der Waals surface area contributed by atoms with Crippen LogP contribution in [0.2, 0.25) is 0 Å². The van der Waals surface area contributed by atoms with Crippen molar-refractivity contribution in [3.63, 3.8) is 0 Å². The van der Waals surface area contributed by atoms with Gasteiger partial charge in [0.05, 0.1) is 4.90 Å². The Bertz CT molecular complexity index is 908. The van der Waals surface area contributed by atoms with E-state index in [0.717, 1.165) is 4.31 Å². The molecule has 0 saturated carbocycles. The van der Waals surface area contributed by atoms with E-state index in [0.29, 0.717) is 4.47 Å². The molecular weight excluding hydrogens is 404 g/mol. The molecule has 0 atom stereocenters. The van der Waals surface area contributed by atoms with Gasteiger partial charge in [-0.3, -0.25) is 4.72 Å². The summed E-state index contributed by atoms with van der Waals surface area (Å²) in [5.41, 5.74) is 0.276. The average molecular weight is 419 g/mol. The van der Waals surface area contributed by atoms with Gasteiger partial charge in [0, 0.05) is 24.3 Å². The molecular formula is C14H15BrN2O4S2. The Balaban J connectivity index is 2.30. The highest BCUT2D eigenvalue weighted by atomic mass is 79.9. The molecule has 1 N–H and O–H groups in total. The van der Waals surface area contributed by atoms with Crippen molar-refractivity contribution >= 4 is 41.7 Å². The van der Waals surface area contributed by atoms with Gasteiger partial charge < -0.3 is 0 Å². The molecule has 0 heterocycles. The minimum absolute atomic E-state index is 0.0892. The van der Waals surface area contributed by atoms with Crippen LogP contribution in [0.5, 0.6) is 0 Å². The lowest BCUT2D eigenvalue weighted by molar-refractivity contribution is 0.521. The summed E-state index contributed by atoms with van der Waals surface area (Å²) in [5, 5.41) is 0. The summed E-state index contributed by atoms with van der Waals surface area (Å²) < 4.78 is 52.6. The summed E-state index contributed by atoms with van der Waals surface area (Å²) >= 11 is 3.20. The summed E-state index contributed by atoms with van der Waals surface area (Å²) in [5.74, 6) is 0. The lowest BCUT2D eigenvalue weighted by Gasteiger charge is -2.13. The maximum atomic E-state index is 12.3. The van der Waals surface area contributed by atoms with Gasteiger partial charge in [0.25, 0.3) is 10.0 Å². The van der Waals surface area contributed by atoms with Crippen LogP contribution in [-0.2, 0) is 20.0 Å². The van der Waals surface area contributed by atoms with Crippen LogP contribution in [0, 0.1) is 0 Å². The third-order valence-corrected chi connectivity index (χ3v) is 7.23. The number of benzene rings is 2. The van der Waals surface area contributed by atoms with Crippen molar-refractivity contribution in [2.24, 2.45) is 0 Å². The molecule has 2 aromatic rings. The topological polar surface area (TPSA) is 83.6 Å². The molecule has 23 heavy (non-hydrogen) atoms. The number of nitrogens with one attached hydrogen (secondary N) is 1. The molecule has 0 fully saturated rings. The minimum Gasteiger partial charge on any atom is -0.280 e. The second kappa shape index (κ2) is 6.60. The van der Waals surface area contributed by atoms with Crippen molar-refractivity contribution in [2.45, 2.75) is 9.79 Å². The largest absolute Gasteiger partial charge is 0.280 e. The van der Waals surface area contributed by atoms with E-state index in [9.17, 15) is 16.8 Å². The Morgan fingerprint density at radius 1 is 0.913 bits per heavy atom. The highest BCUT2D eigenvalue weighted by molar-refractivity contribution is 9.10. The molecule has 0 radical (unpaired) electrons. The first kappa shape index (κ1) is 17.9. The molecule has 9 heteroatoms. The fourth-order valence-electron chi connectivity index (χ4n) is 1.78. The summed E-state index contributed by atoms with van der Waals surface area (Å²) in [6.45, 7) is 0. The Morgan fingerprint density at radius 2 is 1.48 bits per heavy atom. The first-order valence-electron chi connectivity index (χ1n) is 6.44. The molecule has 0 aromatic heterocycles. The minimum atomic E-state index is -3.77. The summed E-state index contributed by atoms with van der Waals surface area (Å²) in [4.78, 5) is 0.191. The van der Waals surface area contributed by atoms with E-state index in [-0.39, 0.29) is 15.5 Å². The van der Waals surface area contributed by atoms with Crippen molar-refractivity contribution in [3.05, 3.63) is 53.0 Å². The smallest absolute Gasteiger partial charge is 0.263 e. The maximum Gasteiger partial charge on any atom is 0.263 e. The lowest BCUT2D eigenvalue weighted by atomic mass is 10.3. The number of anilines is 1. The molecule has 0 amide bonds. The fraction of sp³-hybridized carbons (Fsp3) is 0.143. The number of nitrogens with zero attached hydrogens (tertiary/aromatic N) is 1. The van der Waals surface area contributed by atoms with Crippen LogP contribution in [0.25, 0.3) is 0 Å². The quantitative estimate of drug-likeness (QED) is 0.807. The van der Waals surface area contributed by atoms with Gasteiger partial charge in [-0.1, -0.05) is 12.1 Å². The van der Waals surface area contributed by atoms with Gasteiger partial charge in [0.2, 0.25) is 10.0 Å². The van der Waals surface area contributed by atoms with Crippen LogP contribution in [0.4, 0.5) is 5.69 Å². The molecule has 0 aliphatic carbocycles.